The zero-order valence-corrected chi connectivity index (χ0v) is 9.07. The van der Waals surface area contributed by atoms with Crippen molar-refractivity contribution in [2.24, 2.45) is 5.92 Å². The second kappa shape index (κ2) is 4.21. The Labute approximate surface area is 89.6 Å². The molecule has 0 aromatic rings. The third kappa shape index (κ3) is 2.13. The van der Waals surface area contributed by atoms with Crippen LogP contribution in [-0.4, -0.2) is 36.0 Å². The van der Waals surface area contributed by atoms with E-state index in [4.69, 9.17) is 4.74 Å². The summed E-state index contributed by atoms with van der Waals surface area (Å²) in [6.07, 6.45) is 3.55. The topological polar surface area (TPSA) is 46.6 Å². The fourth-order valence-corrected chi connectivity index (χ4v) is 2.53. The second-order valence-electron chi connectivity index (χ2n) is 4.42. The van der Waals surface area contributed by atoms with E-state index >= 15 is 0 Å². The number of hydrogen-bond donors (Lipinski definition) is 0. The molecule has 1 aliphatic heterocycles. The van der Waals surface area contributed by atoms with Crippen LogP contribution in [0.4, 0.5) is 4.79 Å². The van der Waals surface area contributed by atoms with Gasteiger partial charge in [-0.05, 0) is 32.6 Å². The van der Waals surface area contributed by atoms with Gasteiger partial charge in [0.25, 0.3) is 0 Å². The van der Waals surface area contributed by atoms with Crippen LogP contribution in [0.1, 0.15) is 32.6 Å². The Kier molecular flexibility index (Phi) is 2.93. The lowest BCUT2D eigenvalue weighted by Crippen LogP contribution is -2.39. The summed E-state index contributed by atoms with van der Waals surface area (Å²) in [4.78, 5) is 24.3. The lowest BCUT2D eigenvalue weighted by molar-refractivity contribution is -0.121. The van der Waals surface area contributed by atoms with Crippen molar-refractivity contribution in [2.45, 2.75) is 38.6 Å². The van der Waals surface area contributed by atoms with Crippen LogP contribution in [0.2, 0.25) is 0 Å². The van der Waals surface area contributed by atoms with Gasteiger partial charge in [0.1, 0.15) is 12.4 Å². The SMILES string of the molecule is CC(=O)C1CCC(N2CCOC2=O)CC1. The van der Waals surface area contributed by atoms with E-state index in [1.807, 2.05) is 4.90 Å². The second-order valence-corrected chi connectivity index (χ2v) is 4.42. The zero-order chi connectivity index (χ0) is 10.8. The van der Waals surface area contributed by atoms with Gasteiger partial charge >= 0.3 is 6.09 Å². The molecule has 0 unspecified atom stereocenters. The highest BCUT2D eigenvalue weighted by molar-refractivity contribution is 5.78. The summed E-state index contributed by atoms with van der Waals surface area (Å²) < 4.78 is 4.91. The van der Waals surface area contributed by atoms with Crippen molar-refractivity contribution < 1.29 is 14.3 Å². The minimum Gasteiger partial charge on any atom is -0.448 e. The van der Waals surface area contributed by atoms with E-state index in [0.717, 1.165) is 25.7 Å². The first-order valence-electron chi connectivity index (χ1n) is 5.62. The van der Waals surface area contributed by atoms with Crippen molar-refractivity contribution in [3.8, 4) is 0 Å². The lowest BCUT2D eigenvalue weighted by Gasteiger charge is -2.32. The van der Waals surface area contributed by atoms with Crippen LogP contribution in [0.15, 0.2) is 0 Å². The Morgan fingerprint density at radius 2 is 2.00 bits per heavy atom. The summed E-state index contributed by atoms with van der Waals surface area (Å²) in [6, 6.07) is 0.301. The molecule has 2 fully saturated rings. The van der Waals surface area contributed by atoms with Gasteiger partial charge in [-0.2, -0.15) is 0 Å². The highest BCUT2D eigenvalue weighted by atomic mass is 16.6. The molecule has 1 amide bonds. The summed E-state index contributed by atoms with van der Waals surface area (Å²) in [6.45, 7) is 2.90. The van der Waals surface area contributed by atoms with Crippen LogP contribution in [0, 0.1) is 5.92 Å². The number of cyclic esters (lactones) is 1. The van der Waals surface area contributed by atoms with E-state index in [-0.39, 0.29) is 17.8 Å². The van der Waals surface area contributed by atoms with Crippen LogP contribution in [-0.2, 0) is 9.53 Å². The van der Waals surface area contributed by atoms with E-state index in [2.05, 4.69) is 0 Å². The molecule has 0 radical (unpaired) electrons. The van der Waals surface area contributed by atoms with Crippen molar-refractivity contribution in [2.75, 3.05) is 13.2 Å². The van der Waals surface area contributed by atoms with Gasteiger partial charge in [-0.15, -0.1) is 0 Å². The molecule has 1 saturated heterocycles. The quantitative estimate of drug-likeness (QED) is 0.696. The lowest BCUT2D eigenvalue weighted by atomic mass is 9.83. The molecule has 1 heterocycles. The van der Waals surface area contributed by atoms with Gasteiger partial charge in [0.05, 0.1) is 6.54 Å². The normalized spacial score (nSPS) is 31.5. The molecule has 1 aliphatic carbocycles. The van der Waals surface area contributed by atoms with Crippen LogP contribution >= 0.6 is 0 Å². The number of rotatable bonds is 2. The molecular formula is C11H17NO3. The maximum atomic E-state index is 11.3. The standard InChI is InChI=1S/C11H17NO3/c1-8(13)9-2-4-10(5-3-9)12-6-7-15-11(12)14/h9-10H,2-7H2,1H3. The highest BCUT2D eigenvalue weighted by Gasteiger charge is 2.33. The summed E-state index contributed by atoms with van der Waals surface area (Å²) in [7, 11) is 0. The number of nitrogens with zero attached hydrogens (tertiary/aromatic N) is 1. The van der Waals surface area contributed by atoms with Crippen LogP contribution in [0.3, 0.4) is 0 Å². The molecular weight excluding hydrogens is 194 g/mol. The van der Waals surface area contributed by atoms with Crippen molar-refractivity contribution in [3.05, 3.63) is 0 Å². The molecule has 4 heteroatoms. The maximum Gasteiger partial charge on any atom is 0.410 e. The monoisotopic (exact) mass is 211 g/mol. The average molecular weight is 211 g/mol. The van der Waals surface area contributed by atoms with Crippen LogP contribution in [0.5, 0.6) is 0 Å². The number of hydrogen-bond acceptors (Lipinski definition) is 3. The van der Waals surface area contributed by atoms with Gasteiger partial charge in [-0.3, -0.25) is 4.79 Å². The first-order valence-corrected chi connectivity index (χ1v) is 5.62. The Morgan fingerprint density at radius 1 is 1.33 bits per heavy atom. The molecule has 0 aromatic heterocycles. The highest BCUT2D eigenvalue weighted by Crippen LogP contribution is 2.29. The minimum atomic E-state index is -0.179. The predicted molar refractivity (Wildman–Crippen MR) is 54.5 cm³/mol. The molecule has 0 spiro atoms. The average Bonchev–Trinajstić information content (AvgIpc) is 2.65. The molecule has 1 saturated carbocycles. The Bertz CT molecular complexity index is 269. The molecule has 2 rings (SSSR count). The minimum absolute atomic E-state index is 0.179. The largest absolute Gasteiger partial charge is 0.448 e. The third-order valence-corrected chi connectivity index (χ3v) is 3.50. The fourth-order valence-electron chi connectivity index (χ4n) is 2.53. The van der Waals surface area contributed by atoms with Crippen molar-refractivity contribution in [1.29, 1.82) is 0 Å². The van der Waals surface area contributed by atoms with E-state index in [9.17, 15) is 9.59 Å². The maximum absolute atomic E-state index is 11.3. The van der Waals surface area contributed by atoms with Gasteiger partial charge in [0.15, 0.2) is 0 Å². The molecule has 15 heavy (non-hydrogen) atoms. The summed E-state index contributed by atoms with van der Waals surface area (Å²) in [5.74, 6) is 0.511. The fraction of sp³-hybridized carbons (Fsp3) is 0.818. The molecule has 4 nitrogen and oxygen atoms in total. The van der Waals surface area contributed by atoms with E-state index in [1.165, 1.54) is 0 Å². The zero-order valence-electron chi connectivity index (χ0n) is 9.07. The molecule has 0 N–H and O–H groups in total. The number of amides is 1. The van der Waals surface area contributed by atoms with Crippen molar-refractivity contribution in [3.63, 3.8) is 0 Å². The number of Topliss-reactive ketones (excluding diaryl/α,β-unsaturated/α-hetero) is 1. The van der Waals surface area contributed by atoms with Crippen LogP contribution < -0.4 is 0 Å². The Morgan fingerprint density at radius 3 is 2.47 bits per heavy atom. The van der Waals surface area contributed by atoms with Crippen molar-refractivity contribution in [1.82, 2.24) is 4.90 Å². The van der Waals surface area contributed by atoms with Gasteiger partial charge in [-0.1, -0.05) is 0 Å². The molecule has 84 valence electrons. The first-order chi connectivity index (χ1) is 7.18. The van der Waals surface area contributed by atoms with Crippen LogP contribution in [0.25, 0.3) is 0 Å². The molecule has 0 bridgehead atoms. The summed E-state index contributed by atoms with van der Waals surface area (Å²) in [5, 5.41) is 0. The van der Waals surface area contributed by atoms with E-state index in [1.54, 1.807) is 6.92 Å². The first kappa shape index (κ1) is 10.5. The van der Waals surface area contributed by atoms with Gasteiger partial charge in [0.2, 0.25) is 0 Å². The summed E-state index contributed by atoms with van der Waals surface area (Å²) in [5.41, 5.74) is 0. The number of carbonyl (C=O) groups is 2. The number of carbonyl (C=O) groups excluding carboxylic acids is 2. The molecule has 0 aromatic carbocycles. The Hall–Kier alpha value is -1.06. The molecule has 0 atom stereocenters. The number of ketones is 1. The Balaban J connectivity index is 1.87. The van der Waals surface area contributed by atoms with Crippen molar-refractivity contribution >= 4 is 11.9 Å². The summed E-state index contributed by atoms with van der Waals surface area (Å²) >= 11 is 0. The predicted octanol–water partition coefficient (Wildman–Crippen LogP) is 1.59. The molecule has 2 aliphatic rings. The van der Waals surface area contributed by atoms with Gasteiger partial charge in [0, 0.05) is 12.0 Å². The third-order valence-electron chi connectivity index (χ3n) is 3.50. The van der Waals surface area contributed by atoms with Gasteiger partial charge < -0.3 is 9.64 Å². The smallest absolute Gasteiger partial charge is 0.410 e. The van der Waals surface area contributed by atoms with E-state index < -0.39 is 0 Å². The van der Waals surface area contributed by atoms with E-state index in [0.29, 0.717) is 19.2 Å². The number of ether oxygens (including phenoxy) is 1. The van der Waals surface area contributed by atoms with Gasteiger partial charge in [-0.25, -0.2) is 4.79 Å².